The molecule has 0 atom stereocenters. The Morgan fingerprint density at radius 2 is 1.67 bits per heavy atom. The number of rotatable bonds is 7. The summed E-state index contributed by atoms with van der Waals surface area (Å²) in [6.45, 7) is 4.34. The Morgan fingerprint density at radius 1 is 1.00 bits per heavy atom. The predicted octanol–water partition coefficient (Wildman–Crippen LogP) is 4.40. The zero-order chi connectivity index (χ0) is 19.1. The zero-order valence-electron chi connectivity index (χ0n) is 15.3. The number of amides is 1. The van der Waals surface area contributed by atoms with Crippen LogP contribution in [0.15, 0.2) is 70.7 Å². The first kappa shape index (κ1) is 19.1. The van der Waals surface area contributed by atoms with Gasteiger partial charge in [0.1, 0.15) is 6.61 Å². The average molecular weight is 379 g/mol. The molecule has 138 valence electrons. The molecule has 0 spiro atoms. The van der Waals surface area contributed by atoms with Crippen molar-refractivity contribution in [1.82, 2.24) is 9.97 Å². The summed E-state index contributed by atoms with van der Waals surface area (Å²) in [7, 11) is 0. The molecule has 0 radical (unpaired) electrons. The van der Waals surface area contributed by atoms with E-state index in [-0.39, 0.29) is 12.5 Å². The lowest BCUT2D eigenvalue weighted by molar-refractivity contribution is -0.121. The lowest BCUT2D eigenvalue weighted by Crippen LogP contribution is -2.18. The molecule has 2 aromatic carbocycles. The molecular weight excluding hydrogens is 358 g/mol. The van der Waals surface area contributed by atoms with E-state index in [9.17, 15) is 4.79 Å². The summed E-state index contributed by atoms with van der Waals surface area (Å²) in [5, 5.41) is 3.55. The molecule has 5 nitrogen and oxygen atoms in total. The molecule has 0 saturated heterocycles. The van der Waals surface area contributed by atoms with Crippen LogP contribution in [0.5, 0.6) is 0 Å². The summed E-state index contributed by atoms with van der Waals surface area (Å²) in [4.78, 5) is 21.9. The molecule has 0 bridgehead atoms. The summed E-state index contributed by atoms with van der Waals surface area (Å²) in [5.41, 5.74) is 3.67. The lowest BCUT2D eigenvalue weighted by Gasteiger charge is -2.08. The third-order valence-electron chi connectivity index (χ3n) is 3.65. The van der Waals surface area contributed by atoms with E-state index in [1.165, 1.54) is 11.8 Å². The normalized spacial score (nSPS) is 10.6. The van der Waals surface area contributed by atoms with Crippen LogP contribution in [0.4, 0.5) is 5.69 Å². The first-order valence-electron chi connectivity index (χ1n) is 8.60. The third-order valence-corrected chi connectivity index (χ3v) is 4.53. The van der Waals surface area contributed by atoms with Gasteiger partial charge >= 0.3 is 0 Å². The van der Waals surface area contributed by atoms with E-state index in [0.29, 0.717) is 6.61 Å². The van der Waals surface area contributed by atoms with Gasteiger partial charge in [0.25, 0.3) is 0 Å². The van der Waals surface area contributed by atoms with Crippen molar-refractivity contribution in [3.8, 4) is 0 Å². The number of ether oxygens (including phenoxy) is 1. The van der Waals surface area contributed by atoms with Gasteiger partial charge in [-0.3, -0.25) is 4.79 Å². The van der Waals surface area contributed by atoms with Crippen LogP contribution in [-0.2, 0) is 16.1 Å². The number of nitrogens with zero attached hydrogens (tertiary/aromatic N) is 2. The van der Waals surface area contributed by atoms with Gasteiger partial charge in [-0.1, -0.05) is 30.3 Å². The van der Waals surface area contributed by atoms with Crippen LogP contribution in [0.2, 0.25) is 0 Å². The van der Waals surface area contributed by atoms with Crippen molar-refractivity contribution in [3.63, 3.8) is 0 Å². The summed E-state index contributed by atoms with van der Waals surface area (Å²) < 4.78 is 5.45. The van der Waals surface area contributed by atoms with Gasteiger partial charge in [-0.15, -0.1) is 0 Å². The third kappa shape index (κ3) is 6.20. The highest BCUT2D eigenvalue weighted by molar-refractivity contribution is 7.99. The predicted molar refractivity (Wildman–Crippen MR) is 107 cm³/mol. The van der Waals surface area contributed by atoms with Crippen molar-refractivity contribution in [2.24, 2.45) is 0 Å². The number of hydrogen-bond acceptors (Lipinski definition) is 5. The number of carbonyl (C=O) groups excluding carboxylic acids is 1. The molecule has 0 aliphatic heterocycles. The number of nitrogens with one attached hydrogen (secondary N) is 1. The number of benzene rings is 2. The summed E-state index contributed by atoms with van der Waals surface area (Å²) >= 11 is 1.50. The monoisotopic (exact) mass is 379 g/mol. The van der Waals surface area contributed by atoms with Crippen molar-refractivity contribution >= 4 is 23.4 Å². The van der Waals surface area contributed by atoms with Crippen LogP contribution < -0.4 is 5.32 Å². The van der Waals surface area contributed by atoms with Crippen LogP contribution in [0.3, 0.4) is 0 Å². The van der Waals surface area contributed by atoms with Crippen LogP contribution in [0.25, 0.3) is 0 Å². The molecule has 3 rings (SSSR count). The summed E-state index contributed by atoms with van der Waals surface area (Å²) in [6, 6.07) is 19.3. The number of hydrogen-bond donors (Lipinski definition) is 1. The van der Waals surface area contributed by atoms with E-state index in [1.54, 1.807) is 0 Å². The van der Waals surface area contributed by atoms with Gasteiger partial charge in [-0.2, -0.15) is 0 Å². The van der Waals surface area contributed by atoms with Crippen molar-refractivity contribution in [2.45, 2.75) is 30.5 Å². The van der Waals surface area contributed by atoms with E-state index in [4.69, 9.17) is 4.74 Å². The van der Waals surface area contributed by atoms with Crippen LogP contribution in [0.1, 0.15) is 17.0 Å². The molecule has 6 heteroatoms. The Morgan fingerprint density at radius 3 is 2.33 bits per heavy atom. The van der Waals surface area contributed by atoms with Crippen LogP contribution in [-0.4, -0.2) is 22.5 Å². The Hall–Kier alpha value is -2.70. The summed E-state index contributed by atoms with van der Waals surface area (Å²) in [6.07, 6.45) is 0. The fourth-order valence-electron chi connectivity index (χ4n) is 2.48. The quantitative estimate of drug-likeness (QED) is 0.617. The van der Waals surface area contributed by atoms with E-state index in [1.807, 2.05) is 74.5 Å². The molecule has 0 fully saturated rings. The van der Waals surface area contributed by atoms with Gasteiger partial charge in [-0.05, 0) is 61.5 Å². The first-order valence-corrected chi connectivity index (χ1v) is 9.42. The summed E-state index contributed by atoms with van der Waals surface area (Å²) in [5.74, 6) is -0.177. The number of aryl methyl sites for hydroxylation is 2. The SMILES string of the molecule is Cc1cc(C)nc(Sc2ccc(NC(=O)COCc3ccccc3)cc2)n1. The topological polar surface area (TPSA) is 64.1 Å². The second-order valence-electron chi connectivity index (χ2n) is 6.09. The van der Waals surface area contributed by atoms with Gasteiger partial charge in [0, 0.05) is 22.0 Å². The van der Waals surface area contributed by atoms with E-state index < -0.39 is 0 Å². The largest absolute Gasteiger partial charge is 0.367 e. The minimum Gasteiger partial charge on any atom is -0.367 e. The fourth-order valence-corrected chi connectivity index (χ4v) is 3.35. The smallest absolute Gasteiger partial charge is 0.250 e. The zero-order valence-corrected chi connectivity index (χ0v) is 16.1. The maximum absolute atomic E-state index is 12.0. The van der Waals surface area contributed by atoms with Gasteiger partial charge in [0.05, 0.1) is 6.61 Å². The van der Waals surface area contributed by atoms with Gasteiger partial charge in [0.15, 0.2) is 5.16 Å². The van der Waals surface area contributed by atoms with Crippen molar-refractivity contribution < 1.29 is 9.53 Å². The molecule has 0 aliphatic carbocycles. The molecule has 1 amide bonds. The Bertz CT molecular complexity index is 879. The number of aromatic nitrogens is 2. The highest BCUT2D eigenvalue weighted by Crippen LogP contribution is 2.26. The molecule has 1 N–H and O–H groups in total. The molecular formula is C21H21N3O2S. The average Bonchev–Trinajstić information content (AvgIpc) is 2.63. The molecule has 27 heavy (non-hydrogen) atoms. The van der Waals surface area contributed by atoms with E-state index >= 15 is 0 Å². The molecule has 1 heterocycles. The van der Waals surface area contributed by atoms with Crippen molar-refractivity contribution in [2.75, 3.05) is 11.9 Å². The van der Waals surface area contributed by atoms with E-state index in [0.717, 1.165) is 32.7 Å². The van der Waals surface area contributed by atoms with Gasteiger partial charge in [0.2, 0.25) is 5.91 Å². The van der Waals surface area contributed by atoms with Gasteiger partial charge in [-0.25, -0.2) is 9.97 Å². The second-order valence-corrected chi connectivity index (χ2v) is 7.13. The molecule has 3 aromatic rings. The highest BCUT2D eigenvalue weighted by atomic mass is 32.2. The van der Waals surface area contributed by atoms with Crippen LogP contribution >= 0.6 is 11.8 Å². The maximum Gasteiger partial charge on any atom is 0.250 e. The second kappa shape index (κ2) is 9.30. The van der Waals surface area contributed by atoms with Crippen molar-refractivity contribution in [3.05, 3.63) is 77.6 Å². The fraction of sp³-hybridized carbons (Fsp3) is 0.190. The minimum absolute atomic E-state index is 0.0157. The lowest BCUT2D eigenvalue weighted by atomic mass is 10.2. The van der Waals surface area contributed by atoms with E-state index in [2.05, 4.69) is 15.3 Å². The molecule has 1 aromatic heterocycles. The number of anilines is 1. The minimum atomic E-state index is -0.177. The molecule has 0 aliphatic rings. The highest BCUT2D eigenvalue weighted by Gasteiger charge is 2.05. The van der Waals surface area contributed by atoms with Gasteiger partial charge < -0.3 is 10.1 Å². The van der Waals surface area contributed by atoms with Crippen molar-refractivity contribution in [1.29, 1.82) is 0 Å². The number of carbonyl (C=O) groups is 1. The standard InChI is InChI=1S/C21H21N3O2S/c1-15-12-16(2)23-21(22-15)27-19-10-8-18(9-11-19)24-20(25)14-26-13-17-6-4-3-5-7-17/h3-12H,13-14H2,1-2H3,(H,24,25). The first-order chi connectivity index (χ1) is 13.1. The Kier molecular flexibility index (Phi) is 6.57. The Labute approximate surface area is 163 Å². The van der Waals surface area contributed by atoms with Crippen LogP contribution in [0, 0.1) is 13.8 Å². The molecule has 0 saturated carbocycles. The Balaban J connectivity index is 1.49. The maximum atomic E-state index is 12.0. The molecule has 0 unspecified atom stereocenters.